The van der Waals surface area contributed by atoms with Gasteiger partial charge >= 0.3 is 0 Å². The van der Waals surface area contributed by atoms with Crippen molar-refractivity contribution in [2.24, 2.45) is 5.92 Å². The van der Waals surface area contributed by atoms with Crippen LogP contribution in [0.4, 0.5) is 5.69 Å². The van der Waals surface area contributed by atoms with Crippen molar-refractivity contribution in [3.63, 3.8) is 0 Å². The van der Waals surface area contributed by atoms with Crippen molar-refractivity contribution in [2.75, 3.05) is 25.1 Å². The number of hydrogen-bond acceptors (Lipinski definition) is 3. The molecule has 1 N–H and O–H groups in total. The highest BCUT2D eigenvalue weighted by Gasteiger charge is 2.38. The summed E-state index contributed by atoms with van der Waals surface area (Å²) in [5.74, 6) is 1.32. The largest absolute Gasteiger partial charge is 0.492 e. The molecule has 0 saturated carbocycles. The van der Waals surface area contributed by atoms with Gasteiger partial charge < -0.3 is 15.0 Å². The fraction of sp³-hybridized carbons (Fsp3) is 0.533. The maximum Gasteiger partial charge on any atom is 0.227 e. The highest BCUT2D eigenvalue weighted by Crippen LogP contribution is 2.36. The van der Waals surface area contributed by atoms with Crippen molar-refractivity contribution in [2.45, 2.75) is 26.3 Å². The molecule has 2 unspecified atom stereocenters. The molecule has 4 heteroatoms. The monoisotopic (exact) mass is 262 g/mol. The predicted molar refractivity (Wildman–Crippen MR) is 76.6 cm³/mol. The van der Waals surface area contributed by atoms with Crippen LogP contribution < -0.4 is 15.0 Å². The zero-order valence-electron chi connectivity index (χ0n) is 11.8. The Balaban J connectivity index is 2.28. The van der Waals surface area contributed by atoms with Crippen LogP contribution in [0.5, 0.6) is 5.75 Å². The molecule has 0 bridgehead atoms. The van der Waals surface area contributed by atoms with Crippen molar-refractivity contribution in [1.29, 1.82) is 0 Å². The molecule has 0 spiro atoms. The average molecular weight is 262 g/mol. The molecule has 2 atom stereocenters. The van der Waals surface area contributed by atoms with Crippen LogP contribution >= 0.6 is 0 Å². The van der Waals surface area contributed by atoms with Crippen LogP contribution in [0.15, 0.2) is 24.3 Å². The number of anilines is 1. The first-order valence-corrected chi connectivity index (χ1v) is 6.87. The second-order valence-corrected chi connectivity index (χ2v) is 4.93. The summed E-state index contributed by atoms with van der Waals surface area (Å²) in [5.41, 5.74) is 0.889. The van der Waals surface area contributed by atoms with Gasteiger partial charge in [-0.2, -0.15) is 0 Å². The molecule has 1 aromatic rings. The molecule has 1 aromatic carbocycles. The van der Waals surface area contributed by atoms with Crippen molar-refractivity contribution < 1.29 is 9.53 Å². The van der Waals surface area contributed by atoms with E-state index in [0.29, 0.717) is 18.9 Å². The molecular weight excluding hydrogens is 240 g/mol. The van der Waals surface area contributed by atoms with E-state index >= 15 is 0 Å². The van der Waals surface area contributed by atoms with Gasteiger partial charge in [0.05, 0.1) is 12.3 Å². The Bertz CT molecular complexity index is 448. The molecule has 104 valence electrons. The summed E-state index contributed by atoms with van der Waals surface area (Å²) in [5, 5.41) is 3.16. The van der Waals surface area contributed by atoms with Crippen molar-refractivity contribution >= 4 is 11.6 Å². The number of nitrogens with one attached hydrogen (secondary N) is 1. The summed E-state index contributed by atoms with van der Waals surface area (Å²) in [4.78, 5) is 14.2. The minimum Gasteiger partial charge on any atom is -0.492 e. The van der Waals surface area contributed by atoms with E-state index in [-0.39, 0.29) is 11.9 Å². The lowest BCUT2D eigenvalue weighted by molar-refractivity contribution is -0.117. The Morgan fingerprint density at radius 1 is 1.42 bits per heavy atom. The summed E-state index contributed by atoms with van der Waals surface area (Å²) in [7, 11) is 1.92. The first kappa shape index (κ1) is 13.9. The topological polar surface area (TPSA) is 41.6 Å². The zero-order chi connectivity index (χ0) is 13.8. The minimum atomic E-state index is 0.180. The average Bonchev–Trinajstić information content (AvgIpc) is 2.67. The predicted octanol–water partition coefficient (Wildman–Crippen LogP) is 2.05. The van der Waals surface area contributed by atoms with E-state index in [0.717, 1.165) is 18.0 Å². The lowest BCUT2D eigenvalue weighted by Gasteiger charge is -2.26. The number of benzene rings is 1. The summed E-state index contributed by atoms with van der Waals surface area (Å²) in [6, 6.07) is 7.96. The number of para-hydroxylation sites is 2. The third-order valence-electron chi connectivity index (χ3n) is 3.69. The highest BCUT2D eigenvalue weighted by molar-refractivity contribution is 5.97. The first-order chi connectivity index (χ1) is 9.19. The van der Waals surface area contributed by atoms with Gasteiger partial charge in [-0.15, -0.1) is 0 Å². The number of rotatable bonds is 5. The highest BCUT2D eigenvalue weighted by atomic mass is 16.5. The van der Waals surface area contributed by atoms with E-state index in [1.165, 1.54) is 0 Å². The SMILES string of the molecule is CCOc1ccccc1N1C(=O)CC(CNC)C1C. The van der Waals surface area contributed by atoms with E-state index < -0.39 is 0 Å². The fourth-order valence-electron chi connectivity index (χ4n) is 2.72. The van der Waals surface area contributed by atoms with Crippen LogP contribution in [0.3, 0.4) is 0 Å². The third kappa shape index (κ3) is 2.73. The van der Waals surface area contributed by atoms with Crippen LogP contribution in [0, 0.1) is 5.92 Å². The van der Waals surface area contributed by atoms with Crippen LogP contribution in [0.1, 0.15) is 20.3 Å². The fourth-order valence-corrected chi connectivity index (χ4v) is 2.72. The van der Waals surface area contributed by atoms with Crippen LogP contribution in [-0.4, -0.2) is 32.1 Å². The molecule has 1 aliphatic rings. The third-order valence-corrected chi connectivity index (χ3v) is 3.69. The van der Waals surface area contributed by atoms with Gasteiger partial charge in [0, 0.05) is 24.9 Å². The minimum absolute atomic E-state index is 0.180. The number of carbonyl (C=O) groups excluding carboxylic acids is 1. The molecular formula is C15H22N2O2. The van der Waals surface area contributed by atoms with Crippen molar-refractivity contribution in [1.82, 2.24) is 5.32 Å². The van der Waals surface area contributed by atoms with Crippen LogP contribution in [0.2, 0.25) is 0 Å². The Kier molecular flexibility index (Phi) is 4.43. The van der Waals surface area contributed by atoms with Gasteiger partial charge in [0.25, 0.3) is 0 Å². The molecule has 0 aromatic heterocycles. The van der Waals surface area contributed by atoms with Crippen LogP contribution in [-0.2, 0) is 4.79 Å². The zero-order valence-corrected chi connectivity index (χ0v) is 11.8. The molecule has 4 nitrogen and oxygen atoms in total. The van der Waals surface area contributed by atoms with E-state index in [4.69, 9.17) is 4.74 Å². The Labute approximate surface area is 114 Å². The maximum absolute atomic E-state index is 12.3. The molecule has 1 saturated heterocycles. The second-order valence-electron chi connectivity index (χ2n) is 4.93. The van der Waals surface area contributed by atoms with E-state index in [9.17, 15) is 4.79 Å². The lowest BCUT2D eigenvalue weighted by atomic mass is 10.0. The molecule has 2 rings (SSSR count). The van der Waals surface area contributed by atoms with Gasteiger partial charge in [-0.05, 0) is 33.0 Å². The van der Waals surface area contributed by atoms with E-state index in [1.54, 1.807) is 0 Å². The molecule has 1 aliphatic heterocycles. The quantitative estimate of drug-likeness (QED) is 0.883. The molecule has 0 radical (unpaired) electrons. The van der Waals surface area contributed by atoms with Crippen molar-refractivity contribution in [3.05, 3.63) is 24.3 Å². The molecule has 1 heterocycles. The number of ether oxygens (including phenoxy) is 1. The van der Waals surface area contributed by atoms with Crippen LogP contribution in [0.25, 0.3) is 0 Å². The second kappa shape index (κ2) is 6.06. The molecule has 19 heavy (non-hydrogen) atoms. The Morgan fingerprint density at radius 2 is 2.16 bits per heavy atom. The summed E-state index contributed by atoms with van der Waals surface area (Å²) >= 11 is 0. The van der Waals surface area contributed by atoms with E-state index in [2.05, 4.69) is 12.2 Å². The maximum atomic E-state index is 12.3. The number of nitrogens with zero attached hydrogens (tertiary/aromatic N) is 1. The van der Waals surface area contributed by atoms with Gasteiger partial charge in [0.15, 0.2) is 0 Å². The standard InChI is InChI=1S/C15H22N2O2/c1-4-19-14-8-6-5-7-13(14)17-11(2)12(10-16-3)9-15(17)18/h5-8,11-12,16H,4,9-10H2,1-3H3. The Morgan fingerprint density at radius 3 is 2.84 bits per heavy atom. The summed E-state index contributed by atoms with van der Waals surface area (Å²) in [6.45, 7) is 5.53. The van der Waals surface area contributed by atoms with E-state index in [1.807, 2.05) is 43.1 Å². The van der Waals surface area contributed by atoms with Gasteiger partial charge in [0.1, 0.15) is 5.75 Å². The van der Waals surface area contributed by atoms with Crippen molar-refractivity contribution in [3.8, 4) is 5.75 Å². The van der Waals surface area contributed by atoms with Gasteiger partial charge in [-0.1, -0.05) is 12.1 Å². The van der Waals surface area contributed by atoms with Gasteiger partial charge in [0.2, 0.25) is 5.91 Å². The molecule has 1 amide bonds. The summed E-state index contributed by atoms with van der Waals surface area (Å²) < 4.78 is 5.63. The number of hydrogen-bond donors (Lipinski definition) is 1. The molecule has 1 fully saturated rings. The smallest absolute Gasteiger partial charge is 0.227 e. The first-order valence-electron chi connectivity index (χ1n) is 6.87. The number of amides is 1. The van der Waals surface area contributed by atoms with Gasteiger partial charge in [-0.25, -0.2) is 0 Å². The normalized spacial score (nSPS) is 22.9. The summed E-state index contributed by atoms with van der Waals surface area (Å²) in [6.07, 6.45) is 0.600. The lowest BCUT2D eigenvalue weighted by Crippen LogP contribution is -2.35. The molecule has 0 aliphatic carbocycles. The van der Waals surface area contributed by atoms with Gasteiger partial charge in [-0.3, -0.25) is 4.79 Å². The number of carbonyl (C=O) groups is 1. The Hall–Kier alpha value is -1.55.